The molecule has 1 aromatic heterocycles. The van der Waals surface area contributed by atoms with Gasteiger partial charge in [-0.3, -0.25) is 4.79 Å². The van der Waals surface area contributed by atoms with Gasteiger partial charge < -0.3 is 14.9 Å². The molecule has 0 aliphatic heterocycles. The smallest absolute Gasteiger partial charge is 0.308 e. The molecule has 2 N–H and O–H groups in total. The summed E-state index contributed by atoms with van der Waals surface area (Å²) in [5.74, 6) is -0.658. The molecular formula is C9H11FN2O4. The van der Waals surface area contributed by atoms with Crippen LogP contribution >= 0.6 is 0 Å². The average Bonchev–Trinajstić information content (AvgIpc) is 2.28. The second-order valence-corrected chi connectivity index (χ2v) is 3.08. The Labute approximate surface area is 90.7 Å². The van der Waals surface area contributed by atoms with Gasteiger partial charge in [0.25, 0.3) is 0 Å². The molecule has 0 saturated carbocycles. The van der Waals surface area contributed by atoms with Crippen LogP contribution in [0.15, 0.2) is 12.4 Å². The molecule has 0 aliphatic rings. The van der Waals surface area contributed by atoms with Gasteiger partial charge in [0, 0.05) is 18.0 Å². The Morgan fingerprint density at radius 3 is 2.56 bits per heavy atom. The van der Waals surface area contributed by atoms with Gasteiger partial charge in [-0.1, -0.05) is 0 Å². The van der Waals surface area contributed by atoms with Crippen LogP contribution in [-0.4, -0.2) is 39.4 Å². The largest absolute Gasteiger partial charge is 0.469 e. The van der Waals surface area contributed by atoms with E-state index in [-0.39, 0.29) is 12.0 Å². The first-order valence-corrected chi connectivity index (χ1v) is 4.45. The zero-order valence-electron chi connectivity index (χ0n) is 8.50. The fourth-order valence-electron chi connectivity index (χ4n) is 1.06. The van der Waals surface area contributed by atoms with Crippen molar-refractivity contribution < 1.29 is 24.1 Å². The number of aromatic nitrogens is 2. The lowest BCUT2D eigenvalue weighted by atomic mass is 10.1. The minimum atomic E-state index is -1.36. The third-order valence-electron chi connectivity index (χ3n) is 1.95. The zero-order chi connectivity index (χ0) is 12.1. The van der Waals surface area contributed by atoms with Gasteiger partial charge in [0.2, 0.25) is 0 Å². The predicted molar refractivity (Wildman–Crippen MR) is 49.6 cm³/mol. The van der Waals surface area contributed by atoms with Crippen molar-refractivity contribution in [2.45, 2.75) is 18.6 Å². The SMILES string of the molecule is COC(=O)CC(O)C(O)c1cnc(F)nc1. The Kier molecular flexibility index (Phi) is 4.27. The van der Waals surface area contributed by atoms with Gasteiger partial charge in [-0.2, -0.15) is 4.39 Å². The summed E-state index contributed by atoms with van der Waals surface area (Å²) in [6.07, 6.45) is -1.93. The van der Waals surface area contributed by atoms with Crippen molar-refractivity contribution >= 4 is 5.97 Å². The van der Waals surface area contributed by atoms with E-state index in [0.717, 1.165) is 12.4 Å². The zero-order valence-corrected chi connectivity index (χ0v) is 8.50. The van der Waals surface area contributed by atoms with Crippen LogP contribution in [0.2, 0.25) is 0 Å². The van der Waals surface area contributed by atoms with Crippen LogP contribution in [0.4, 0.5) is 4.39 Å². The maximum atomic E-state index is 12.4. The number of hydrogen-bond acceptors (Lipinski definition) is 6. The molecule has 7 heteroatoms. The van der Waals surface area contributed by atoms with E-state index < -0.39 is 24.3 Å². The minimum Gasteiger partial charge on any atom is -0.469 e. The van der Waals surface area contributed by atoms with Crippen molar-refractivity contribution in [3.05, 3.63) is 24.0 Å². The first kappa shape index (κ1) is 12.5. The number of ether oxygens (including phenoxy) is 1. The van der Waals surface area contributed by atoms with Crippen LogP contribution in [0.25, 0.3) is 0 Å². The van der Waals surface area contributed by atoms with Crippen molar-refractivity contribution in [1.29, 1.82) is 0 Å². The molecular weight excluding hydrogens is 219 g/mol. The first-order chi connectivity index (χ1) is 7.54. The van der Waals surface area contributed by atoms with Crippen LogP contribution in [0, 0.1) is 6.08 Å². The van der Waals surface area contributed by atoms with Crippen molar-refractivity contribution in [3.8, 4) is 0 Å². The quantitative estimate of drug-likeness (QED) is 0.538. The number of aliphatic hydroxyl groups is 2. The van der Waals surface area contributed by atoms with Gasteiger partial charge >= 0.3 is 12.0 Å². The highest BCUT2D eigenvalue weighted by Gasteiger charge is 2.22. The van der Waals surface area contributed by atoms with E-state index in [0.29, 0.717) is 0 Å². The fourth-order valence-corrected chi connectivity index (χ4v) is 1.06. The second kappa shape index (κ2) is 5.47. The third kappa shape index (κ3) is 3.21. The van der Waals surface area contributed by atoms with Gasteiger partial charge in [-0.05, 0) is 0 Å². The summed E-state index contributed by atoms with van der Waals surface area (Å²) < 4.78 is 16.7. The van der Waals surface area contributed by atoms with Gasteiger partial charge in [0.1, 0.15) is 6.10 Å². The van der Waals surface area contributed by atoms with Crippen molar-refractivity contribution in [2.24, 2.45) is 0 Å². The molecule has 2 atom stereocenters. The van der Waals surface area contributed by atoms with Crippen molar-refractivity contribution in [1.82, 2.24) is 9.97 Å². The molecule has 2 unspecified atom stereocenters. The summed E-state index contributed by atoms with van der Waals surface area (Å²) in [4.78, 5) is 17.3. The molecule has 0 radical (unpaired) electrons. The Morgan fingerprint density at radius 1 is 1.50 bits per heavy atom. The van der Waals surface area contributed by atoms with E-state index in [1.165, 1.54) is 7.11 Å². The van der Waals surface area contributed by atoms with E-state index in [4.69, 9.17) is 0 Å². The molecule has 1 rings (SSSR count). The number of aliphatic hydroxyl groups excluding tert-OH is 2. The van der Waals surface area contributed by atoms with Gasteiger partial charge in [0.15, 0.2) is 0 Å². The molecule has 0 aromatic carbocycles. The molecule has 0 saturated heterocycles. The van der Waals surface area contributed by atoms with Crippen LogP contribution in [0.1, 0.15) is 18.1 Å². The van der Waals surface area contributed by atoms with E-state index >= 15 is 0 Å². The van der Waals surface area contributed by atoms with Crippen molar-refractivity contribution in [3.63, 3.8) is 0 Å². The number of rotatable bonds is 4. The van der Waals surface area contributed by atoms with E-state index in [1.54, 1.807) is 0 Å². The highest BCUT2D eigenvalue weighted by atomic mass is 19.1. The average molecular weight is 230 g/mol. The standard InChI is InChI=1S/C9H11FN2O4/c1-16-7(14)2-6(13)8(15)5-3-11-9(10)12-4-5/h3-4,6,8,13,15H,2H2,1H3. The lowest BCUT2D eigenvalue weighted by molar-refractivity contribution is -0.144. The summed E-state index contributed by atoms with van der Waals surface area (Å²) in [7, 11) is 1.17. The molecule has 88 valence electrons. The molecule has 0 fully saturated rings. The van der Waals surface area contributed by atoms with Gasteiger partial charge in [-0.15, -0.1) is 0 Å². The minimum absolute atomic E-state index is 0.123. The van der Waals surface area contributed by atoms with E-state index in [2.05, 4.69) is 14.7 Å². The number of nitrogens with zero attached hydrogens (tertiary/aromatic N) is 2. The van der Waals surface area contributed by atoms with Crippen LogP contribution in [-0.2, 0) is 9.53 Å². The fraction of sp³-hybridized carbons (Fsp3) is 0.444. The topological polar surface area (TPSA) is 92.5 Å². The van der Waals surface area contributed by atoms with E-state index in [1.807, 2.05) is 0 Å². The summed E-state index contributed by atoms with van der Waals surface area (Å²) in [5.41, 5.74) is 0.123. The molecule has 6 nitrogen and oxygen atoms in total. The number of methoxy groups -OCH3 is 1. The Bertz CT molecular complexity index is 357. The summed E-state index contributed by atoms with van der Waals surface area (Å²) in [6, 6.07) is 0. The maximum absolute atomic E-state index is 12.4. The molecule has 1 aromatic rings. The van der Waals surface area contributed by atoms with Gasteiger partial charge in [-0.25, -0.2) is 9.97 Å². The summed E-state index contributed by atoms with van der Waals surface area (Å²) in [6.45, 7) is 0. The number of esters is 1. The highest BCUT2D eigenvalue weighted by Crippen LogP contribution is 2.17. The Morgan fingerprint density at radius 2 is 2.06 bits per heavy atom. The van der Waals surface area contributed by atoms with Crippen LogP contribution in [0.5, 0.6) is 0 Å². The lowest BCUT2D eigenvalue weighted by Crippen LogP contribution is -2.23. The van der Waals surface area contributed by atoms with Gasteiger partial charge in [0.05, 0.1) is 19.6 Å². The molecule has 0 bridgehead atoms. The predicted octanol–water partition coefficient (Wildman–Crippen LogP) is -0.427. The summed E-state index contributed by atoms with van der Waals surface area (Å²) >= 11 is 0. The molecule has 0 amide bonds. The first-order valence-electron chi connectivity index (χ1n) is 4.45. The third-order valence-corrected chi connectivity index (χ3v) is 1.95. The van der Waals surface area contributed by atoms with Crippen LogP contribution < -0.4 is 0 Å². The Hall–Kier alpha value is -1.60. The normalized spacial score (nSPS) is 14.2. The Balaban J connectivity index is 2.66. The number of carbonyl (C=O) groups is 1. The van der Waals surface area contributed by atoms with Crippen LogP contribution in [0.3, 0.4) is 0 Å². The van der Waals surface area contributed by atoms with Crippen molar-refractivity contribution in [2.75, 3.05) is 7.11 Å². The number of halogens is 1. The lowest BCUT2D eigenvalue weighted by Gasteiger charge is -2.16. The van der Waals surface area contributed by atoms with E-state index in [9.17, 15) is 19.4 Å². The summed E-state index contributed by atoms with van der Waals surface area (Å²) in [5, 5.41) is 19.0. The second-order valence-electron chi connectivity index (χ2n) is 3.08. The number of hydrogen-bond donors (Lipinski definition) is 2. The maximum Gasteiger partial charge on any atom is 0.308 e. The number of carbonyl (C=O) groups excluding carboxylic acids is 1. The monoisotopic (exact) mass is 230 g/mol. The highest BCUT2D eigenvalue weighted by molar-refractivity contribution is 5.69. The molecule has 0 spiro atoms. The molecule has 16 heavy (non-hydrogen) atoms. The molecule has 1 heterocycles. The molecule has 0 aliphatic carbocycles.